The maximum atomic E-state index is 9.91. The zero-order valence-electron chi connectivity index (χ0n) is 3.15. The lowest BCUT2D eigenvalue weighted by atomic mass is 10.6. The van der Waals surface area contributed by atoms with E-state index in [0.717, 1.165) is 0 Å². The predicted molar refractivity (Wildman–Crippen MR) is 32.4 cm³/mol. The van der Waals surface area contributed by atoms with Gasteiger partial charge in [-0.05, 0) is 21.7 Å². The fourth-order valence-electron chi connectivity index (χ4n) is 0.0879. The van der Waals surface area contributed by atoms with Crippen LogP contribution >= 0.6 is 28.6 Å². The first-order chi connectivity index (χ1) is 2.77. The van der Waals surface area contributed by atoms with Crippen molar-refractivity contribution in [1.29, 1.82) is 0 Å². The van der Waals surface area contributed by atoms with Gasteiger partial charge >= 0.3 is 0 Å². The summed E-state index contributed by atoms with van der Waals surface area (Å²) < 4.78 is 0.0255. The van der Waals surface area contributed by atoms with Crippen molar-refractivity contribution < 1.29 is 4.79 Å². The van der Waals surface area contributed by atoms with Gasteiger partial charge in [0.1, 0.15) is 0 Å². The average Bonchev–Trinajstić information content (AvgIpc) is 1.35. The minimum atomic E-state index is 0.0255. The topological polar surface area (TPSA) is 17.1 Å². The Kier molecular flexibility index (Phi) is 3.99. The molecule has 0 unspecified atom stereocenters. The number of hydrogen-bond donors (Lipinski definition) is 1. The lowest BCUT2D eigenvalue weighted by Crippen LogP contribution is -1.82. The number of halogens is 1. The number of thiol groups is 1. The summed E-state index contributed by atoms with van der Waals surface area (Å²) in [6.07, 6.45) is 0.517. The van der Waals surface area contributed by atoms with Crippen LogP contribution < -0.4 is 0 Å². The van der Waals surface area contributed by atoms with Gasteiger partial charge in [-0.2, -0.15) is 12.6 Å². The molecule has 0 amide bonds. The molecule has 6 heavy (non-hydrogen) atoms. The number of hydrogen-bond acceptors (Lipinski definition) is 2. The first-order valence-electron chi connectivity index (χ1n) is 1.56. The van der Waals surface area contributed by atoms with Gasteiger partial charge in [0.15, 0.2) is 4.69 Å². The highest BCUT2D eigenvalue weighted by molar-refractivity contribution is 9.18. The van der Waals surface area contributed by atoms with Crippen LogP contribution in [0.4, 0.5) is 0 Å². The van der Waals surface area contributed by atoms with Crippen molar-refractivity contribution in [3.8, 4) is 0 Å². The third-order valence-electron chi connectivity index (χ3n) is 0.308. The second-order valence-electron chi connectivity index (χ2n) is 0.829. The van der Waals surface area contributed by atoms with Gasteiger partial charge in [-0.15, -0.1) is 0 Å². The largest absolute Gasteiger partial charge is 0.287 e. The van der Waals surface area contributed by atoms with Crippen molar-refractivity contribution in [2.24, 2.45) is 0 Å². The Balaban J connectivity index is 2.83. The summed E-state index contributed by atoms with van der Waals surface area (Å²) in [4.78, 5) is 9.91. The van der Waals surface area contributed by atoms with E-state index in [1.165, 1.54) is 0 Å². The minimum Gasteiger partial charge on any atom is -0.287 e. The van der Waals surface area contributed by atoms with E-state index in [1.807, 2.05) is 0 Å². The van der Waals surface area contributed by atoms with Crippen molar-refractivity contribution in [3.63, 3.8) is 0 Å². The van der Waals surface area contributed by atoms with Gasteiger partial charge in [-0.1, -0.05) is 0 Å². The van der Waals surface area contributed by atoms with Crippen LogP contribution in [0.1, 0.15) is 6.42 Å². The number of carbonyl (C=O) groups excluding carboxylic acids is 1. The zero-order valence-corrected chi connectivity index (χ0v) is 5.63. The second-order valence-corrected chi connectivity index (χ2v) is 2.16. The van der Waals surface area contributed by atoms with E-state index in [0.29, 0.717) is 12.2 Å². The van der Waals surface area contributed by atoms with Gasteiger partial charge in [-0.25, -0.2) is 0 Å². The first kappa shape index (κ1) is 6.50. The third kappa shape index (κ3) is 4.50. The molecular formula is C3H5BrOS. The van der Waals surface area contributed by atoms with Crippen LogP contribution in [0.25, 0.3) is 0 Å². The maximum Gasteiger partial charge on any atom is 0.198 e. The number of rotatable bonds is 2. The fourth-order valence-corrected chi connectivity index (χ4v) is 0.796. The molecule has 0 heterocycles. The lowest BCUT2D eigenvalue weighted by Gasteiger charge is -1.78. The summed E-state index contributed by atoms with van der Waals surface area (Å²) in [5.74, 6) is 0.629. The molecule has 0 aliphatic carbocycles. The Morgan fingerprint density at radius 2 is 2.33 bits per heavy atom. The van der Waals surface area contributed by atoms with Gasteiger partial charge in [0.25, 0.3) is 0 Å². The molecule has 0 N–H and O–H groups in total. The Labute approximate surface area is 50.7 Å². The van der Waals surface area contributed by atoms with E-state index in [9.17, 15) is 4.79 Å². The molecule has 0 atom stereocenters. The molecule has 0 fully saturated rings. The maximum absolute atomic E-state index is 9.91. The van der Waals surface area contributed by atoms with Gasteiger partial charge in [0, 0.05) is 6.42 Å². The summed E-state index contributed by atoms with van der Waals surface area (Å²) >= 11 is 6.56. The quantitative estimate of drug-likeness (QED) is 0.485. The van der Waals surface area contributed by atoms with Gasteiger partial charge in [0.05, 0.1) is 0 Å². The average molecular weight is 169 g/mol. The molecule has 0 spiro atoms. The molecule has 0 rings (SSSR count). The Hall–Kier alpha value is 0.500. The second kappa shape index (κ2) is 3.68. The lowest BCUT2D eigenvalue weighted by molar-refractivity contribution is -0.109. The first-order valence-corrected chi connectivity index (χ1v) is 2.99. The summed E-state index contributed by atoms with van der Waals surface area (Å²) in [7, 11) is 0. The van der Waals surface area contributed by atoms with Crippen molar-refractivity contribution >= 4 is 33.3 Å². The molecular weight excluding hydrogens is 164 g/mol. The summed E-state index contributed by atoms with van der Waals surface area (Å²) in [6.45, 7) is 0. The molecule has 36 valence electrons. The Morgan fingerprint density at radius 3 is 2.33 bits per heavy atom. The van der Waals surface area contributed by atoms with Crippen LogP contribution in [0, 0.1) is 0 Å². The zero-order chi connectivity index (χ0) is 4.99. The Bertz CT molecular complexity index is 54.8. The summed E-state index contributed by atoms with van der Waals surface area (Å²) in [6, 6.07) is 0. The van der Waals surface area contributed by atoms with E-state index < -0.39 is 0 Å². The highest BCUT2D eigenvalue weighted by Crippen LogP contribution is 1.91. The molecule has 0 bridgehead atoms. The van der Waals surface area contributed by atoms with Gasteiger partial charge < -0.3 is 0 Å². The fraction of sp³-hybridized carbons (Fsp3) is 0.667. The van der Waals surface area contributed by atoms with Crippen molar-refractivity contribution in [2.75, 3.05) is 5.75 Å². The van der Waals surface area contributed by atoms with E-state index in [4.69, 9.17) is 0 Å². The third-order valence-corrected chi connectivity index (χ3v) is 0.928. The van der Waals surface area contributed by atoms with E-state index >= 15 is 0 Å². The van der Waals surface area contributed by atoms with Crippen LogP contribution in [0.3, 0.4) is 0 Å². The van der Waals surface area contributed by atoms with Crippen LogP contribution in [0.5, 0.6) is 0 Å². The molecule has 0 aromatic rings. The molecule has 0 aliphatic rings. The standard InChI is InChI=1S/C3H5BrOS/c4-3(5)1-2-6/h6H,1-2H2. The van der Waals surface area contributed by atoms with Crippen LogP contribution in [-0.2, 0) is 4.79 Å². The Morgan fingerprint density at radius 1 is 1.83 bits per heavy atom. The minimum absolute atomic E-state index is 0.0255. The highest BCUT2D eigenvalue weighted by atomic mass is 79.9. The summed E-state index contributed by atoms with van der Waals surface area (Å²) in [5.41, 5.74) is 0. The molecule has 0 saturated carbocycles. The van der Waals surface area contributed by atoms with Crippen LogP contribution in [0.2, 0.25) is 0 Å². The molecule has 0 saturated heterocycles. The normalized spacial score (nSPS) is 8.33. The molecule has 0 aromatic heterocycles. The SMILES string of the molecule is O=C(Br)CCS. The summed E-state index contributed by atoms with van der Waals surface area (Å²) in [5, 5.41) is 0. The van der Waals surface area contributed by atoms with E-state index in [1.54, 1.807) is 0 Å². The molecule has 3 heteroatoms. The van der Waals surface area contributed by atoms with Crippen LogP contribution in [0.15, 0.2) is 0 Å². The highest BCUT2D eigenvalue weighted by Gasteiger charge is 1.87. The van der Waals surface area contributed by atoms with E-state index in [2.05, 4.69) is 28.6 Å². The van der Waals surface area contributed by atoms with E-state index in [-0.39, 0.29) is 4.69 Å². The molecule has 1 nitrogen and oxygen atoms in total. The van der Waals surface area contributed by atoms with Crippen molar-refractivity contribution in [2.45, 2.75) is 6.42 Å². The molecule has 0 aromatic carbocycles. The number of carbonyl (C=O) groups is 1. The predicted octanol–water partition coefficient (Wildman–Crippen LogP) is 1.23. The van der Waals surface area contributed by atoms with Crippen LogP contribution in [-0.4, -0.2) is 10.4 Å². The smallest absolute Gasteiger partial charge is 0.198 e. The molecule has 0 radical (unpaired) electrons. The van der Waals surface area contributed by atoms with Crippen molar-refractivity contribution in [1.82, 2.24) is 0 Å². The van der Waals surface area contributed by atoms with Gasteiger partial charge in [-0.3, -0.25) is 4.79 Å². The molecule has 0 aliphatic heterocycles. The van der Waals surface area contributed by atoms with Crippen molar-refractivity contribution in [3.05, 3.63) is 0 Å². The monoisotopic (exact) mass is 168 g/mol. The van der Waals surface area contributed by atoms with Gasteiger partial charge in [0.2, 0.25) is 0 Å².